The van der Waals surface area contributed by atoms with Gasteiger partial charge in [0.1, 0.15) is 0 Å². The first-order chi connectivity index (χ1) is 8.69. The molecule has 1 aliphatic heterocycles. The van der Waals surface area contributed by atoms with Gasteiger partial charge in [-0.25, -0.2) is 0 Å². The van der Waals surface area contributed by atoms with Crippen molar-refractivity contribution in [3.8, 4) is 0 Å². The Hall–Kier alpha value is -1.20. The van der Waals surface area contributed by atoms with E-state index < -0.39 is 0 Å². The van der Waals surface area contributed by atoms with Crippen LogP contribution in [0.15, 0.2) is 12.1 Å². The van der Waals surface area contributed by atoms with Gasteiger partial charge in [-0.1, -0.05) is 11.6 Å². The van der Waals surface area contributed by atoms with Crippen molar-refractivity contribution in [3.05, 3.63) is 23.0 Å². The van der Waals surface area contributed by atoms with Crippen LogP contribution in [0.4, 0.5) is 0 Å². The van der Waals surface area contributed by atoms with E-state index in [2.05, 4.69) is 10.2 Å². The largest absolute Gasteiger partial charge is 0.366 e. The molecule has 0 N–H and O–H groups in total. The summed E-state index contributed by atoms with van der Waals surface area (Å²) in [5.74, 6) is -0.145. The Labute approximate surface area is 117 Å². The average Bonchev–Trinajstić information content (AvgIpc) is 2.25. The monoisotopic (exact) mass is 283 g/mol. The lowest BCUT2D eigenvalue weighted by molar-refractivity contribution is -0.171. The molecule has 0 saturated carbocycles. The highest BCUT2D eigenvalue weighted by Crippen LogP contribution is 2.28. The fraction of sp³-hybridized carbons (Fsp3) is 0.615. The third-order valence-electron chi connectivity index (χ3n) is 2.83. The number of hydrogen-bond acceptors (Lipinski definition) is 4. The molecule has 0 unspecified atom stereocenters. The van der Waals surface area contributed by atoms with Gasteiger partial charge in [0.15, 0.2) is 10.8 Å². The molecule has 0 radical (unpaired) electrons. The van der Waals surface area contributed by atoms with Gasteiger partial charge < -0.3 is 9.64 Å². The molecule has 1 aromatic heterocycles. The molecular weight excluding hydrogens is 266 g/mol. The average molecular weight is 284 g/mol. The van der Waals surface area contributed by atoms with Crippen LogP contribution in [0.3, 0.4) is 0 Å². The molecule has 0 aromatic carbocycles. The fourth-order valence-electron chi connectivity index (χ4n) is 2.52. The zero-order valence-electron chi connectivity index (χ0n) is 11.6. The van der Waals surface area contributed by atoms with Crippen LogP contribution in [0.1, 0.15) is 38.2 Å². The molecule has 0 aliphatic carbocycles. The summed E-state index contributed by atoms with van der Waals surface area (Å²) in [7, 11) is 0. The third-order valence-corrected chi connectivity index (χ3v) is 3.04. The molecule has 5 nitrogen and oxygen atoms in total. The summed E-state index contributed by atoms with van der Waals surface area (Å²) in [4.78, 5) is 14.2. The van der Waals surface area contributed by atoms with Crippen molar-refractivity contribution >= 4 is 17.5 Å². The molecule has 0 bridgehead atoms. The van der Waals surface area contributed by atoms with Crippen LogP contribution in [0.25, 0.3) is 0 Å². The van der Waals surface area contributed by atoms with Crippen molar-refractivity contribution in [1.29, 1.82) is 0 Å². The van der Waals surface area contributed by atoms with Crippen molar-refractivity contribution < 1.29 is 9.53 Å². The molecule has 1 aliphatic rings. The van der Waals surface area contributed by atoms with Gasteiger partial charge >= 0.3 is 0 Å². The van der Waals surface area contributed by atoms with Gasteiger partial charge in [0, 0.05) is 13.1 Å². The first-order valence-corrected chi connectivity index (χ1v) is 6.55. The van der Waals surface area contributed by atoms with Gasteiger partial charge in [-0.3, -0.25) is 4.79 Å². The van der Waals surface area contributed by atoms with Crippen molar-refractivity contribution in [3.63, 3.8) is 0 Å². The van der Waals surface area contributed by atoms with Crippen molar-refractivity contribution in [2.24, 2.45) is 0 Å². The zero-order valence-corrected chi connectivity index (χ0v) is 12.4. The lowest BCUT2D eigenvalue weighted by atomic mass is 9.98. The normalized spacial score (nSPS) is 21.2. The van der Waals surface area contributed by atoms with Crippen molar-refractivity contribution in [2.75, 3.05) is 13.1 Å². The summed E-state index contributed by atoms with van der Waals surface area (Å²) in [6.45, 7) is 8.95. The van der Waals surface area contributed by atoms with Crippen LogP contribution in [0.2, 0.25) is 5.15 Å². The second-order valence-corrected chi connectivity index (χ2v) is 6.41. The van der Waals surface area contributed by atoms with E-state index in [4.69, 9.17) is 16.3 Å². The highest BCUT2D eigenvalue weighted by molar-refractivity contribution is 6.29. The predicted octanol–water partition coefficient (Wildman–Crippen LogP) is 2.16. The van der Waals surface area contributed by atoms with E-state index in [1.807, 2.05) is 27.7 Å². The number of halogens is 1. The Bertz CT molecular complexity index is 469. The molecule has 0 spiro atoms. The third kappa shape index (κ3) is 3.42. The van der Waals surface area contributed by atoms with Gasteiger partial charge in [0.2, 0.25) is 0 Å². The molecule has 1 amide bonds. The minimum Gasteiger partial charge on any atom is -0.366 e. The molecular formula is C13H18ClN3O2. The number of hydrogen-bond donors (Lipinski definition) is 0. The van der Waals surface area contributed by atoms with E-state index in [1.54, 1.807) is 17.0 Å². The summed E-state index contributed by atoms with van der Waals surface area (Å²) in [5, 5.41) is 7.82. The van der Waals surface area contributed by atoms with Crippen LogP contribution < -0.4 is 0 Å². The van der Waals surface area contributed by atoms with Crippen LogP contribution in [0.5, 0.6) is 0 Å². The number of aromatic nitrogens is 2. The van der Waals surface area contributed by atoms with Crippen LogP contribution in [-0.2, 0) is 4.74 Å². The molecule has 6 heteroatoms. The Morgan fingerprint density at radius 1 is 1.21 bits per heavy atom. The first-order valence-electron chi connectivity index (χ1n) is 6.17. The maximum Gasteiger partial charge on any atom is 0.274 e. The number of rotatable bonds is 1. The minimum atomic E-state index is -0.378. The van der Waals surface area contributed by atoms with Gasteiger partial charge in [-0.2, -0.15) is 0 Å². The second-order valence-electron chi connectivity index (χ2n) is 6.02. The standard InChI is InChI=1S/C13H18ClN3O2/c1-12(2)7-17(8-13(3,4)19-12)11(18)9-5-6-10(14)16-15-9/h5-6H,7-8H2,1-4H3. The lowest BCUT2D eigenvalue weighted by Gasteiger charge is -2.46. The molecule has 0 atom stereocenters. The first kappa shape index (κ1) is 14.2. The highest BCUT2D eigenvalue weighted by Gasteiger charge is 2.40. The topological polar surface area (TPSA) is 55.3 Å². The van der Waals surface area contributed by atoms with E-state index in [1.165, 1.54) is 0 Å². The molecule has 1 fully saturated rings. The number of amides is 1. The van der Waals surface area contributed by atoms with E-state index in [-0.39, 0.29) is 22.3 Å². The van der Waals surface area contributed by atoms with E-state index in [0.717, 1.165) is 0 Å². The predicted molar refractivity (Wildman–Crippen MR) is 72.2 cm³/mol. The fourth-order valence-corrected chi connectivity index (χ4v) is 2.62. The number of carbonyl (C=O) groups is 1. The summed E-state index contributed by atoms with van der Waals surface area (Å²) in [6, 6.07) is 3.16. The maximum atomic E-state index is 12.4. The van der Waals surface area contributed by atoms with Crippen molar-refractivity contribution in [1.82, 2.24) is 15.1 Å². The maximum absolute atomic E-state index is 12.4. The molecule has 1 aromatic rings. The lowest BCUT2D eigenvalue weighted by Crippen LogP contribution is -2.58. The minimum absolute atomic E-state index is 0.145. The van der Waals surface area contributed by atoms with E-state index >= 15 is 0 Å². The number of nitrogens with zero attached hydrogens (tertiary/aromatic N) is 3. The second kappa shape index (κ2) is 4.72. The van der Waals surface area contributed by atoms with Crippen LogP contribution in [-0.4, -0.2) is 45.3 Å². The van der Waals surface area contributed by atoms with Crippen LogP contribution >= 0.6 is 11.6 Å². The highest BCUT2D eigenvalue weighted by atomic mass is 35.5. The number of morpholine rings is 1. The zero-order chi connectivity index (χ0) is 14.3. The molecule has 2 heterocycles. The quantitative estimate of drug-likeness (QED) is 0.792. The summed E-state index contributed by atoms with van der Waals surface area (Å²) in [6.07, 6.45) is 0. The molecule has 19 heavy (non-hydrogen) atoms. The summed E-state index contributed by atoms with van der Waals surface area (Å²) >= 11 is 5.67. The molecule has 104 valence electrons. The van der Waals surface area contributed by atoms with Crippen LogP contribution in [0, 0.1) is 0 Å². The van der Waals surface area contributed by atoms with Crippen molar-refractivity contribution in [2.45, 2.75) is 38.9 Å². The number of carbonyl (C=O) groups excluding carboxylic acids is 1. The smallest absolute Gasteiger partial charge is 0.274 e. The summed E-state index contributed by atoms with van der Waals surface area (Å²) < 4.78 is 5.95. The molecule has 2 rings (SSSR count). The van der Waals surface area contributed by atoms with Gasteiger partial charge in [0.05, 0.1) is 11.2 Å². The Kier molecular flexibility index (Phi) is 3.53. The Morgan fingerprint density at radius 3 is 2.26 bits per heavy atom. The summed E-state index contributed by atoms with van der Waals surface area (Å²) in [5.41, 5.74) is -0.452. The van der Waals surface area contributed by atoms with Gasteiger partial charge in [0.25, 0.3) is 5.91 Å². The SMILES string of the molecule is CC1(C)CN(C(=O)c2ccc(Cl)nn2)CC(C)(C)O1. The molecule has 1 saturated heterocycles. The van der Waals surface area contributed by atoms with E-state index in [0.29, 0.717) is 18.8 Å². The Balaban J connectivity index is 2.21. The van der Waals surface area contributed by atoms with Gasteiger partial charge in [-0.15, -0.1) is 10.2 Å². The Morgan fingerprint density at radius 2 is 1.79 bits per heavy atom. The van der Waals surface area contributed by atoms with Gasteiger partial charge in [-0.05, 0) is 39.8 Å². The number of ether oxygens (including phenoxy) is 1. The van der Waals surface area contributed by atoms with E-state index in [9.17, 15) is 4.79 Å².